The predicted molar refractivity (Wildman–Crippen MR) is 92.1 cm³/mol. The third kappa shape index (κ3) is 5.40. The molecular weight excluding hydrogens is 276 g/mol. The van der Waals surface area contributed by atoms with Crippen molar-refractivity contribution >= 4 is 14.6 Å². The van der Waals surface area contributed by atoms with Crippen LogP contribution in [0.5, 0.6) is 0 Å². The van der Waals surface area contributed by atoms with Crippen molar-refractivity contribution in [3.8, 4) is 0 Å². The first-order valence-corrected chi connectivity index (χ1v) is 10.9. The van der Waals surface area contributed by atoms with Gasteiger partial charge in [0, 0.05) is 12.5 Å². The van der Waals surface area contributed by atoms with Crippen LogP contribution in [0.2, 0.25) is 18.1 Å². The summed E-state index contributed by atoms with van der Waals surface area (Å²) >= 11 is 0. The molecule has 1 rings (SSSR count). The van der Waals surface area contributed by atoms with Gasteiger partial charge in [-0.05, 0) is 36.5 Å². The summed E-state index contributed by atoms with van der Waals surface area (Å²) in [5.41, 5.74) is 1.20. The van der Waals surface area contributed by atoms with E-state index in [4.69, 9.17) is 4.43 Å². The summed E-state index contributed by atoms with van der Waals surface area (Å²) in [5.74, 6) is -0.0448. The Morgan fingerprint density at radius 3 is 2.38 bits per heavy atom. The lowest BCUT2D eigenvalue weighted by Crippen LogP contribution is -2.43. The molecule has 0 spiro atoms. The van der Waals surface area contributed by atoms with Crippen LogP contribution >= 0.6 is 0 Å². The van der Waals surface area contributed by atoms with E-state index in [9.17, 15) is 4.79 Å². The summed E-state index contributed by atoms with van der Waals surface area (Å²) in [6.07, 6.45) is 4.16. The van der Waals surface area contributed by atoms with Crippen LogP contribution in [-0.4, -0.2) is 21.2 Å². The van der Waals surface area contributed by atoms with Gasteiger partial charge >= 0.3 is 0 Å². The van der Waals surface area contributed by atoms with Crippen molar-refractivity contribution in [2.45, 2.75) is 58.2 Å². The van der Waals surface area contributed by atoms with Crippen LogP contribution in [0.15, 0.2) is 30.3 Å². The summed E-state index contributed by atoms with van der Waals surface area (Å²) in [7, 11) is -1.81. The fraction of sp³-hybridized carbons (Fsp3) is 0.611. The van der Waals surface area contributed by atoms with Crippen molar-refractivity contribution < 1.29 is 9.22 Å². The topological polar surface area (TPSA) is 26.3 Å². The second kappa shape index (κ2) is 7.90. The largest absolute Gasteiger partial charge is 0.416 e. The molecule has 1 atom stereocenters. The average molecular weight is 307 g/mol. The van der Waals surface area contributed by atoms with Crippen LogP contribution in [0.25, 0.3) is 0 Å². The molecule has 0 N–H and O–H groups in total. The van der Waals surface area contributed by atoms with Crippen LogP contribution in [0.3, 0.4) is 0 Å². The smallest absolute Gasteiger partial charge is 0.192 e. The van der Waals surface area contributed by atoms with E-state index in [1.54, 1.807) is 0 Å². The summed E-state index contributed by atoms with van der Waals surface area (Å²) in [6.45, 7) is 11.9. The Hall–Kier alpha value is -0.933. The Labute approximate surface area is 131 Å². The number of hydrogen-bond donors (Lipinski definition) is 0. The number of carbonyl (C=O) groups is 1. The molecule has 0 aliphatic rings. The first-order chi connectivity index (χ1) is 9.82. The van der Waals surface area contributed by atoms with Gasteiger partial charge in [0.05, 0.1) is 0 Å². The maximum atomic E-state index is 11.3. The van der Waals surface area contributed by atoms with Crippen molar-refractivity contribution in [3.63, 3.8) is 0 Å². The molecule has 0 bridgehead atoms. The van der Waals surface area contributed by atoms with Gasteiger partial charge in [-0.2, -0.15) is 0 Å². The molecule has 0 amide bonds. The lowest BCUT2D eigenvalue weighted by Gasteiger charge is -2.39. The number of aldehydes is 1. The highest BCUT2D eigenvalue weighted by Crippen LogP contribution is 2.42. The van der Waals surface area contributed by atoms with Gasteiger partial charge in [0.1, 0.15) is 6.29 Å². The van der Waals surface area contributed by atoms with Crippen LogP contribution < -0.4 is 0 Å². The van der Waals surface area contributed by atoms with Crippen LogP contribution in [-0.2, 0) is 15.6 Å². The van der Waals surface area contributed by atoms with Gasteiger partial charge in [0.25, 0.3) is 0 Å². The third-order valence-electron chi connectivity index (χ3n) is 4.70. The lowest BCUT2D eigenvalue weighted by molar-refractivity contribution is -0.111. The predicted octanol–water partition coefficient (Wildman–Crippen LogP) is 4.85. The van der Waals surface area contributed by atoms with Gasteiger partial charge in [-0.15, -0.1) is 0 Å². The van der Waals surface area contributed by atoms with E-state index in [1.807, 2.05) is 18.2 Å². The average Bonchev–Trinajstić information content (AvgIpc) is 2.44. The minimum Gasteiger partial charge on any atom is -0.416 e. The molecule has 3 heteroatoms. The number of rotatable bonds is 9. The highest BCUT2D eigenvalue weighted by molar-refractivity contribution is 6.74. The zero-order valence-electron chi connectivity index (χ0n) is 14.2. The number of benzene rings is 1. The van der Waals surface area contributed by atoms with E-state index in [1.165, 1.54) is 18.4 Å². The molecule has 0 unspecified atom stereocenters. The lowest BCUT2D eigenvalue weighted by atomic mass is 10.0. The van der Waals surface area contributed by atoms with Gasteiger partial charge < -0.3 is 9.22 Å². The van der Waals surface area contributed by atoms with E-state index in [2.05, 4.69) is 46.0 Å². The number of carbonyl (C=O) groups excluding carboxylic acids is 1. The highest BCUT2D eigenvalue weighted by Gasteiger charge is 2.40. The zero-order chi connectivity index (χ0) is 15.9. The molecule has 0 saturated heterocycles. The Bertz CT molecular complexity index is 426. The Morgan fingerprint density at radius 2 is 1.86 bits per heavy atom. The number of hydrogen-bond acceptors (Lipinski definition) is 2. The second-order valence-electron chi connectivity index (χ2n) is 7.04. The normalized spacial score (nSPS) is 14.0. The molecule has 2 nitrogen and oxygen atoms in total. The van der Waals surface area contributed by atoms with Gasteiger partial charge in [0.2, 0.25) is 0 Å². The second-order valence-corrected chi connectivity index (χ2v) is 11.7. The van der Waals surface area contributed by atoms with E-state index >= 15 is 0 Å². The zero-order valence-corrected chi connectivity index (χ0v) is 15.2. The van der Waals surface area contributed by atoms with Gasteiger partial charge in [0.15, 0.2) is 8.32 Å². The molecule has 118 valence electrons. The van der Waals surface area contributed by atoms with Crippen LogP contribution in [0.4, 0.5) is 0 Å². The maximum Gasteiger partial charge on any atom is 0.192 e. The molecule has 0 heterocycles. The standard InChI is InChI=1S/C18H30O2Si/c1-6-12-18(2,3)21(4,5)20-15-17(14-19)13-16-10-8-7-9-11-16/h7-11,14,17H,6,12-13,15H2,1-5H3/t17-/m1/s1. The molecule has 0 saturated carbocycles. The molecule has 0 aliphatic carbocycles. The molecule has 0 fully saturated rings. The summed E-state index contributed by atoms with van der Waals surface area (Å²) in [6, 6.07) is 10.2. The van der Waals surface area contributed by atoms with Crippen molar-refractivity contribution in [1.29, 1.82) is 0 Å². The minimum atomic E-state index is -1.81. The third-order valence-corrected chi connectivity index (χ3v) is 9.09. The Kier molecular flexibility index (Phi) is 6.82. The maximum absolute atomic E-state index is 11.3. The first-order valence-electron chi connectivity index (χ1n) is 7.95. The van der Waals surface area contributed by atoms with Crippen LogP contribution in [0.1, 0.15) is 39.2 Å². The summed E-state index contributed by atoms with van der Waals surface area (Å²) in [4.78, 5) is 11.3. The van der Waals surface area contributed by atoms with E-state index in [-0.39, 0.29) is 11.0 Å². The van der Waals surface area contributed by atoms with Gasteiger partial charge in [-0.25, -0.2) is 0 Å². The summed E-state index contributed by atoms with van der Waals surface area (Å²) in [5, 5.41) is 0.238. The molecule has 0 radical (unpaired) electrons. The van der Waals surface area contributed by atoms with Gasteiger partial charge in [-0.1, -0.05) is 57.5 Å². The molecule has 1 aromatic carbocycles. The highest BCUT2D eigenvalue weighted by atomic mass is 28.4. The van der Waals surface area contributed by atoms with Crippen molar-refractivity contribution in [3.05, 3.63) is 35.9 Å². The van der Waals surface area contributed by atoms with E-state index in [0.29, 0.717) is 6.61 Å². The fourth-order valence-electron chi connectivity index (χ4n) is 2.50. The van der Waals surface area contributed by atoms with Crippen molar-refractivity contribution in [2.24, 2.45) is 5.92 Å². The van der Waals surface area contributed by atoms with E-state index in [0.717, 1.165) is 12.7 Å². The SMILES string of the molecule is CCCC(C)(C)[Si](C)(C)OC[C@@H](C=O)Cc1ccccc1. The molecule has 0 aliphatic heterocycles. The minimum absolute atomic E-state index is 0.0448. The molecule has 1 aromatic rings. The Morgan fingerprint density at radius 1 is 1.24 bits per heavy atom. The summed E-state index contributed by atoms with van der Waals surface area (Å²) < 4.78 is 6.28. The van der Waals surface area contributed by atoms with Crippen LogP contribution in [0, 0.1) is 5.92 Å². The molecule has 0 aromatic heterocycles. The molecular formula is C18H30O2Si. The van der Waals surface area contributed by atoms with Crippen molar-refractivity contribution in [1.82, 2.24) is 0 Å². The van der Waals surface area contributed by atoms with Crippen molar-refractivity contribution in [2.75, 3.05) is 6.61 Å². The first kappa shape index (κ1) is 18.1. The Balaban J connectivity index is 2.60. The fourth-order valence-corrected chi connectivity index (χ4v) is 4.37. The quantitative estimate of drug-likeness (QED) is 0.482. The monoisotopic (exact) mass is 306 g/mol. The van der Waals surface area contributed by atoms with Gasteiger partial charge in [-0.3, -0.25) is 0 Å². The molecule has 21 heavy (non-hydrogen) atoms. The van der Waals surface area contributed by atoms with E-state index < -0.39 is 8.32 Å².